The van der Waals surface area contributed by atoms with E-state index in [2.05, 4.69) is 83.8 Å². The van der Waals surface area contributed by atoms with Gasteiger partial charge in [-0.1, -0.05) is 66.7 Å². The van der Waals surface area contributed by atoms with Crippen molar-refractivity contribution in [1.29, 1.82) is 0 Å². The van der Waals surface area contributed by atoms with Gasteiger partial charge in [0.15, 0.2) is 0 Å². The number of fused-ring (bicyclic) bond motifs is 1. The number of aromatic nitrogens is 1. The quantitative estimate of drug-likeness (QED) is 0.494. The average molecular weight is 269 g/mol. The molecule has 0 atom stereocenters. The van der Waals surface area contributed by atoms with E-state index in [-0.39, 0.29) is 0 Å². The lowest BCUT2D eigenvalue weighted by Crippen LogP contribution is -1.80. The van der Waals surface area contributed by atoms with Crippen LogP contribution in [0.2, 0.25) is 0 Å². The SMILES string of the molecule is c1ccc(-c2ccc(-c3ccc4ccccc4c3)[nH]2)cc1. The maximum absolute atomic E-state index is 3.51. The van der Waals surface area contributed by atoms with Crippen LogP contribution in [0, 0.1) is 0 Å². The average Bonchev–Trinajstić information content (AvgIpc) is 3.05. The van der Waals surface area contributed by atoms with Crippen LogP contribution in [0.3, 0.4) is 0 Å². The molecule has 1 N–H and O–H groups in total. The van der Waals surface area contributed by atoms with Crippen LogP contribution in [0.4, 0.5) is 0 Å². The number of nitrogens with one attached hydrogen (secondary N) is 1. The minimum absolute atomic E-state index is 1.15. The Bertz CT molecular complexity index is 888. The van der Waals surface area contributed by atoms with E-state index in [0.29, 0.717) is 0 Å². The lowest BCUT2D eigenvalue weighted by molar-refractivity contribution is 1.39. The molecule has 1 heterocycles. The summed E-state index contributed by atoms with van der Waals surface area (Å²) >= 11 is 0. The van der Waals surface area contributed by atoms with Gasteiger partial charge in [-0.3, -0.25) is 0 Å². The zero-order valence-electron chi connectivity index (χ0n) is 11.6. The molecule has 4 aromatic rings. The molecule has 0 spiro atoms. The maximum atomic E-state index is 3.51. The van der Waals surface area contributed by atoms with Crippen molar-refractivity contribution < 1.29 is 0 Å². The summed E-state index contributed by atoms with van der Waals surface area (Å²) in [7, 11) is 0. The van der Waals surface area contributed by atoms with Crippen molar-refractivity contribution in [3.63, 3.8) is 0 Å². The van der Waals surface area contributed by atoms with Gasteiger partial charge in [-0.2, -0.15) is 0 Å². The highest BCUT2D eigenvalue weighted by molar-refractivity contribution is 5.87. The van der Waals surface area contributed by atoms with Gasteiger partial charge in [0, 0.05) is 11.4 Å². The molecule has 0 aliphatic heterocycles. The molecule has 1 aromatic heterocycles. The Kier molecular flexibility index (Phi) is 2.82. The molecule has 0 saturated carbocycles. The van der Waals surface area contributed by atoms with E-state index in [4.69, 9.17) is 0 Å². The Labute approximate surface area is 123 Å². The van der Waals surface area contributed by atoms with Crippen molar-refractivity contribution in [2.24, 2.45) is 0 Å². The fourth-order valence-electron chi connectivity index (χ4n) is 2.71. The van der Waals surface area contributed by atoms with E-state index in [9.17, 15) is 0 Å². The summed E-state index contributed by atoms with van der Waals surface area (Å²) in [5.74, 6) is 0. The first-order chi connectivity index (χ1) is 10.4. The van der Waals surface area contributed by atoms with Gasteiger partial charge in [-0.15, -0.1) is 0 Å². The first kappa shape index (κ1) is 12.0. The van der Waals surface area contributed by atoms with Gasteiger partial charge in [-0.05, 0) is 40.1 Å². The first-order valence-corrected chi connectivity index (χ1v) is 7.14. The summed E-state index contributed by atoms with van der Waals surface area (Å²) in [6, 6.07) is 29.7. The fourth-order valence-corrected chi connectivity index (χ4v) is 2.71. The number of hydrogen-bond donors (Lipinski definition) is 1. The molecule has 0 aliphatic carbocycles. The number of rotatable bonds is 2. The van der Waals surface area contributed by atoms with Gasteiger partial charge in [0.2, 0.25) is 0 Å². The predicted molar refractivity (Wildman–Crippen MR) is 89.2 cm³/mol. The van der Waals surface area contributed by atoms with E-state index in [1.165, 1.54) is 21.9 Å². The monoisotopic (exact) mass is 269 g/mol. The lowest BCUT2D eigenvalue weighted by atomic mass is 10.1. The minimum atomic E-state index is 1.15. The smallest absolute Gasteiger partial charge is 0.0458 e. The summed E-state index contributed by atoms with van der Waals surface area (Å²) < 4.78 is 0. The van der Waals surface area contributed by atoms with Crippen LogP contribution >= 0.6 is 0 Å². The van der Waals surface area contributed by atoms with E-state index in [1.54, 1.807) is 0 Å². The molecule has 3 aromatic carbocycles. The van der Waals surface area contributed by atoms with Crippen LogP contribution in [0.15, 0.2) is 84.9 Å². The second-order valence-electron chi connectivity index (χ2n) is 5.21. The van der Waals surface area contributed by atoms with E-state index in [1.807, 2.05) is 6.07 Å². The Balaban J connectivity index is 1.77. The number of hydrogen-bond acceptors (Lipinski definition) is 0. The Morgan fingerprint density at radius 3 is 1.95 bits per heavy atom. The second kappa shape index (κ2) is 4.95. The fraction of sp³-hybridized carbons (Fsp3) is 0. The third-order valence-electron chi connectivity index (χ3n) is 3.83. The highest BCUT2D eigenvalue weighted by Gasteiger charge is 2.04. The standard InChI is InChI=1S/C20H15N/c1-2-7-16(8-3-1)19-12-13-20(21-19)18-11-10-15-6-4-5-9-17(15)14-18/h1-14,21H. The molecule has 21 heavy (non-hydrogen) atoms. The zero-order chi connectivity index (χ0) is 14.1. The molecule has 0 aliphatic rings. The van der Waals surface area contributed by atoms with Gasteiger partial charge < -0.3 is 4.98 Å². The molecule has 0 radical (unpaired) electrons. The van der Waals surface area contributed by atoms with Crippen LogP contribution in [0.1, 0.15) is 0 Å². The van der Waals surface area contributed by atoms with E-state index < -0.39 is 0 Å². The molecule has 0 unspecified atom stereocenters. The summed E-state index contributed by atoms with van der Waals surface area (Å²) in [6.45, 7) is 0. The Morgan fingerprint density at radius 2 is 1.14 bits per heavy atom. The van der Waals surface area contributed by atoms with Crippen molar-refractivity contribution in [1.82, 2.24) is 4.98 Å². The Morgan fingerprint density at radius 1 is 0.476 bits per heavy atom. The minimum Gasteiger partial charge on any atom is -0.355 e. The van der Waals surface area contributed by atoms with Crippen molar-refractivity contribution in [2.45, 2.75) is 0 Å². The molecule has 1 nitrogen and oxygen atoms in total. The topological polar surface area (TPSA) is 15.8 Å². The van der Waals surface area contributed by atoms with Crippen LogP contribution in [0.25, 0.3) is 33.3 Å². The molecule has 100 valence electrons. The molecule has 0 saturated heterocycles. The summed E-state index contributed by atoms with van der Waals surface area (Å²) in [4.78, 5) is 3.51. The number of aromatic amines is 1. The van der Waals surface area contributed by atoms with Crippen LogP contribution in [0.5, 0.6) is 0 Å². The summed E-state index contributed by atoms with van der Waals surface area (Å²) in [5.41, 5.74) is 4.73. The van der Waals surface area contributed by atoms with Gasteiger partial charge in [0.1, 0.15) is 0 Å². The number of benzene rings is 3. The van der Waals surface area contributed by atoms with Gasteiger partial charge >= 0.3 is 0 Å². The first-order valence-electron chi connectivity index (χ1n) is 7.14. The molecule has 0 amide bonds. The van der Waals surface area contributed by atoms with E-state index >= 15 is 0 Å². The van der Waals surface area contributed by atoms with Gasteiger partial charge in [-0.25, -0.2) is 0 Å². The second-order valence-corrected chi connectivity index (χ2v) is 5.21. The number of H-pyrrole nitrogens is 1. The van der Waals surface area contributed by atoms with Crippen LogP contribution in [-0.4, -0.2) is 4.98 Å². The van der Waals surface area contributed by atoms with Crippen LogP contribution in [-0.2, 0) is 0 Å². The van der Waals surface area contributed by atoms with Gasteiger partial charge in [0.05, 0.1) is 0 Å². The molecule has 1 heteroatoms. The summed E-state index contributed by atoms with van der Waals surface area (Å²) in [6.07, 6.45) is 0. The zero-order valence-corrected chi connectivity index (χ0v) is 11.6. The van der Waals surface area contributed by atoms with Crippen molar-refractivity contribution >= 4 is 10.8 Å². The highest BCUT2D eigenvalue weighted by atomic mass is 14.7. The molecule has 0 bridgehead atoms. The highest BCUT2D eigenvalue weighted by Crippen LogP contribution is 2.27. The predicted octanol–water partition coefficient (Wildman–Crippen LogP) is 5.50. The normalized spacial score (nSPS) is 10.9. The van der Waals surface area contributed by atoms with Crippen LogP contribution < -0.4 is 0 Å². The lowest BCUT2D eigenvalue weighted by Gasteiger charge is -2.02. The molecular weight excluding hydrogens is 254 g/mol. The summed E-state index contributed by atoms with van der Waals surface area (Å²) in [5, 5.41) is 2.54. The molecular formula is C20H15N. The third kappa shape index (κ3) is 2.23. The van der Waals surface area contributed by atoms with Gasteiger partial charge in [0.25, 0.3) is 0 Å². The largest absolute Gasteiger partial charge is 0.355 e. The Hall–Kier alpha value is -2.80. The molecule has 4 rings (SSSR count). The third-order valence-corrected chi connectivity index (χ3v) is 3.83. The van der Waals surface area contributed by atoms with Crippen molar-refractivity contribution in [3.05, 3.63) is 84.9 Å². The maximum Gasteiger partial charge on any atom is 0.0458 e. The molecule has 0 fully saturated rings. The van der Waals surface area contributed by atoms with E-state index in [0.717, 1.165) is 11.4 Å². The van der Waals surface area contributed by atoms with Crippen molar-refractivity contribution in [2.75, 3.05) is 0 Å². The van der Waals surface area contributed by atoms with Crippen molar-refractivity contribution in [3.8, 4) is 22.5 Å².